The van der Waals surface area contributed by atoms with Gasteiger partial charge in [-0.1, -0.05) is 18.2 Å². The van der Waals surface area contributed by atoms with Crippen LogP contribution in [0.15, 0.2) is 48.6 Å². The van der Waals surface area contributed by atoms with Gasteiger partial charge in [0.25, 0.3) is 0 Å². The summed E-state index contributed by atoms with van der Waals surface area (Å²) in [5.41, 5.74) is 2.17. The van der Waals surface area contributed by atoms with Gasteiger partial charge >= 0.3 is 5.97 Å². The Labute approximate surface area is 171 Å². The Balaban J connectivity index is 2.09. The van der Waals surface area contributed by atoms with E-state index in [4.69, 9.17) is 9.47 Å². The van der Waals surface area contributed by atoms with Gasteiger partial charge in [-0.05, 0) is 88.1 Å². The number of hydrogen-bond acceptors (Lipinski definition) is 4. The van der Waals surface area contributed by atoms with Gasteiger partial charge in [-0.15, -0.1) is 0 Å². The first-order valence-corrected chi connectivity index (χ1v) is 9.57. The Morgan fingerprint density at radius 1 is 1.07 bits per heavy atom. The maximum atomic E-state index is 13.0. The summed E-state index contributed by atoms with van der Waals surface area (Å²) in [6.45, 7) is 9.25. The second-order valence-corrected chi connectivity index (χ2v) is 7.37. The van der Waals surface area contributed by atoms with Gasteiger partial charge in [-0.25, -0.2) is 9.18 Å². The zero-order chi connectivity index (χ0) is 21.6. The van der Waals surface area contributed by atoms with E-state index in [1.807, 2.05) is 26.0 Å². The minimum absolute atomic E-state index is 0.172. The maximum Gasteiger partial charge on any atom is 0.349 e. The lowest BCUT2D eigenvalue weighted by molar-refractivity contribution is -0.158. The Kier molecular flexibility index (Phi) is 7.32. The van der Waals surface area contributed by atoms with Crippen LogP contribution in [0, 0.1) is 19.7 Å². The third-order valence-electron chi connectivity index (χ3n) is 4.40. The van der Waals surface area contributed by atoms with Crippen molar-refractivity contribution in [1.29, 1.82) is 0 Å². The van der Waals surface area contributed by atoms with Gasteiger partial charge in [0.2, 0.25) is 0 Å². The number of halogens is 1. The van der Waals surface area contributed by atoms with Gasteiger partial charge in [-0.3, -0.25) is 4.79 Å². The van der Waals surface area contributed by atoms with Crippen LogP contribution in [0.2, 0.25) is 0 Å². The molecule has 0 saturated carbocycles. The molecular weight excluding hydrogens is 371 g/mol. The first-order valence-electron chi connectivity index (χ1n) is 9.57. The monoisotopic (exact) mass is 398 g/mol. The average molecular weight is 398 g/mol. The molecule has 0 heterocycles. The van der Waals surface area contributed by atoms with Crippen LogP contribution in [-0.4, -0.2) is 24.0 Å². The quantitative estimate of drug-likeness (QED) is 0.351. The van der Waals surface area contributed by atoms with Crippen molar-refractivity contribution >= 4 is 11.8 Å². The van der Waals surface area contributed by atoms with Crippen LogP contribution in [0.25, 0.3) is 0 Å². The highest BCUT2D eigenvalue weighted by Gasteiger charge is 2.32. The molecule has 0 saturated heterocycles. The third-order valence-corrected chi connectivity index (χ3v) is 4.40. The van der Waals surface area contributed by atoms with Crippen LogP contribution in [0.3, 0.4) is 0 Å². The van der Waals surface area contributed by atoms with Crippen LogP contribution < -0.4 is 4.74 Å². The fraction of sp³-hybridized carbons (Fsp3) is 0.333. The zero-order valence-electron chi connectivity index (χ0n) is 17.5. The van der Waals surface area contributed by atoms with Crippen molar-refractivity contribution in [1.82, 2.24) is 0 Å². The van der Waals surface area contributed by atoms with E-state index in [-0.39, 0.29) is 11.6 Å². The highest BCUT2D eigenvalue weighted by molar-refractivity contribution is 6.04. The number of ketones is 1. The number of allylic oxidation sites excluding steroid dienone is 2. The molecule has 0 N–H and O–H groups in total. The summed E-state index contributed by atoms with van der Waals surface area (Å²) >= 11 is 0. The topological polar surface area (TPSA) is 52.6 Å². The molecule has 154 valence electrons. The lowest BCUT2D eigenvalue weighted by atomic mass is 10.0. The van der Waals surface area contributed by atoms with Crippen LogP contribution in [0.1, 0.15) is 47.8 Å². The second-order valence-electron chi connectivity index (χ2n) is 7.37. The first kappa shape index (κ1) is 22.3. The third kappa shape index (κ3) is 6.01. The normalized spacial score (nSPS) is 11.5. The molecule has 0 spiro atoms. The minimum atomic E-state index is -1.09. The van der Waals surface area contributed by atoms with Gasteiger partial charge in [-0.2, -0.15) is 0 Å². The first-order chi connectivity index (χ1) is 13.6. The van der Waals surface area contributed by atoms with Crippen molar-refractivity contribution in [2.24, 2.45) is 0 Å². The van der Waals surface area contributed by atoms with Crippen LogP contribution in [-0.2, 0) is 16.0 Å². The molecule has 4 nitrogen and oxygen atoms in total. The van der Waals surface area contributed by atoms with E-state index in [0.29, 0.717) is 24.3 Å². The van der Waals surface area contributed by atoms with Gasteiger partial charge < -0.3 is 9.47 Å². The maximum absolute atomic E-state index is 13.0. The summed E-state index contributed by atoms with van der Waals surface area (Å²) in [6, 6.07) is 9.41. The number of carbonyl (C=O) groups excluding carboxylic acids is 2. The van der Waals surface area contributed by atoms with Crippen molar-refractivity contribution < 1.29 is 23.5 Å². The standard InChI is InChI=1S/C24H27FO4/c1-6-28-23(27)24(4,5)29-22-16(2)14-18(15-17(22)3)8-7-9-21(26)19-10-12-20(25)13-11-19/h7,9-15H,6,8H2,1-5H3/b9-7+. The van der Waals surface area contributed by atoms with E-state index in [9.17, 15) is 14.0 Å². The molecule has 0 unspecified atom stereocenters. The predicted octanol–water partition coefficient (Wildman–Crippen LogP) is 5.14. The number of hydrogen-bond donors (Lipinski definition) is 0. The number of esters is 1. The molecule has 2 aromatic rings. The lowest BCUT2D eigenvalue weighted by Gasteiger charge is -2.26. The van der Waals surface area contributed by atoms with Gasteiger partial charge in [0, 0.05) is 5.56 Å². The van der Waals surface area contributed by atoms with Crippen molar-refractivity contribution in [3.05, 3.63) is 76.6 Å². The average Bonchev–Trinajstić information content (AvgIpc) is 2.65. The number of rotatable bonds is 8. The van der Waals surface area contributed by atoms with Gasteiger partial charge in [0.1, 0.15) is 11.6 Å². The number of aryl methyl sites for hydroxylation is 2. The Bertz CT molecular complexity index is 888. The van der Waals surface area contributed by atoms with E-state index >= 15 is 0 Å². The molecule has 0 aliphatic heterocycles. The summed E-state index contributed by atoms with van der Waals surface area (Å²) in [7, 11) is 0. The predicted molar refractivity (Wildman–Crippen MR) is 111 cm³/mol. The molecule has 0 aliphatic rings. The van der Waals surface area contributed by atoms with Crippen LogP contribution in [0.4, 0.5) is 4.39 Å². The number of carbonyl (C=O) groups is 2. The Morgan fingerprint density at radius 2 is 1.66 bits per heavy atom. The van der Waals surface area contributed by atoms with Crippen LogP contribution >= 0.6 is 0 Å². The molecule has 0 fully saturated rings. The molecule has 29 heavy (non-hydrogen) atoms. The summed E-state index contributed by atoms with van der Waals surface area (Å²) in [5.74, 6) is -0.303. The summed E-state index contributed by atoms with van der Waals surface area (Å²) in [4.78, 5) is 24.2. The Hall–Kier alpha value is -2.95. The van der Waals surface area contributed by atoms with E-state index in [1.54, 1.807) is 26.8 Å². The zero-order valence-corrected chi connectivity index (χ0v) is 17.5. The second kappa shape index (κ2) is 9.50. The van der Waals surface area contributed by atoms with Crippen molar-refractivity contribution in [2.45, 2.75) is 46.6 Å². The Morgan fingerprint density at radius 3 is 2.21 bits per heavy atom. The largest absolute Gasteiger partial charge is 0.476 e. The van der Waals surface area contributed by atoms with Crippen molar-refractivity contribution in [3.63, 3.8) is 0 Å². The molecule has 0 aliphatic carbocycles. The summed E-state index contributed by atoms with van der Waals surface area (Å²) < 4.78 is 24.0. The molecule has 0 atom stereocenters. The summed E-state index contributed by atoms with van der Waals surface area (Å²) in [6.07, 6.45) is 3.84. The number of ether oxygens (including phenoxy) is 2. The molecule has 2 aromatic carbocycles. The number of benzene rings is 2. The summed E-state index contributed by atoms with van der Waals surface area (Å²) in [5, 5.41) is 0. The minimum Gasteiger partial charge on any atom is -0.476 e. The van der Waals surface area contributed by atoms with Gasteiger partial charge in [0.05, 0.1) is 6.61 Å². The molecule has 0 radical (unpaired) electrons. The van der Waals surface area contributed by atoms with Crippen molar-refractivity contribution in [2.75, 3.05) is 6.61 Å². The fourth-order valence-electron chi connectivity index (χ4n) is 2.93. The van der Waals surface area contributed by atoms with Crippen LogP contribution in [0.5, 0.6) is 5.75 Å². The molecule has 0 bridgehead atoms. The SMILES string of the molecule is CCOC(=O)C(C)(C)Oc1c(C)cc(C/C=C/C(=O)c2ccc(F)cc2)cc1C. The molecule has 5 heteroatoms. The van der Waals surface area contributed by atoms with E-state index in [1.165, 1.54) is 30.3 Å². The molecule has 0 amide bonds. The van der Waals surface area contributed by atoms with E-state index in [2.05, 4.69) is 0 Å². The van der Waals surface area contributed by atoms with E-state index in [0.717, 1.165) is 16.7 Å². The molecular formula is C24H27FO4. The fourth-order valence-corrected chi connectivity index (χ4v) is 2.93. The van der Waals surface area contributed by atoms with Crippen molar-refractivity contribution in [3.8, 4) is 5.75 Å². The highest BCUT2D eigenvalue weighted by Crippen LogP contribution is 2.29. The molecule has 0 aromatic heterocycles. The molecule has 2 rings (SSSR count). The highest BCUT2D eigenvalue weighted by atomic mass is 19.1. The van der Waals surface area contributed by atoms with Gasteiger partial charge in [0.15, 0.2) is 11.4 Å². The smallest absolute Gasteiger partial charge is 0.349 e. The van der Waals surface area contributed by atoms with E-state index < -0.39 is 11.6 Å². The lowest BCUT2D eigenvalue weighted by Crippen LogP contribution is -2.40.